The van der Waals surface area contributed by atoms with Gasteiger partial charge in [-0.15, -0.1) is 0 Å². The number of anilines is 1. The zero-order chi connectivity index (χ0) is 15.0. The van der Waals surface area contributed by atoms with Crippen molar-refractivity contribution in [2.24, 2.45) is 5.92 Å². The van der Waals surface area contributed by atoms with E-state index in [1.165, 1.54) is 11.3 Å². The van der Waals surface area contributed by atoms with E-state index in [-0.39, 0.29) is 17.7 Å². The Bertz CT molecular complexity index is 664. The lowest BCUT2D eigenvalue weighted by Crippen LogP contribution is -2.42. The van der Waals surface area contributed by atoms with Crippen LogP contribution in [0.15, 0.2) is 24.3 Å². The summed E-state index contributed by atoms with van der Waals surface area (Å²) in [5, 5.41) is 0.688. The standard InChI is InChI=1S/C15H17N3O2S/c1-17-8-7-10(9-13(17)19)14(20)18(2)15-16-11-5-3-4-6-12(11)21-15/h3-6,10H,7-9H2,1-2H3/t10-/m1/s1. The summed E-state index contributed by atoms with van der Waals surface area (Å²) in [7, 11) is 3.52. The number of carbonyl (C=O) groups excluding carboxylic acids is 2. The topological polar surface area (TPSA) is 53.5 Å². The number of fused-ring (bicyclic) bond motifs is 1. The van der Waals surface area contributed by atoms with Gasteiger partial charge in [0.25, 0.3) is 0 Å². The Hall–Kier alpha value is -1.95. The third-order valence-corrected chi connectivity index (χ3v) is 5.02. The maximum Gasteiger partial charge on any atom is 0.232 e. The molecule has 110 valence electrons. The average Bonchev–Trinajstić information content (AvgIpc) is 2.92. The lowest BCUT2D eigenvalue weighted by Gasteiger charge is -2.29. The van der Waals surface area contributed by atoms with E-state index in [0.29, 0.717) is 18.1 Å². The molecule has 1 aliphatic rings. The fourth-order valence-corrected chi connectivity index (χ4v) is 3.46. The van der Waals surface area contributed by atoms with Gasteiger partial charge in [0.1, 0.15) is 0 Å². The lowest BCUT2D eigenvalue weighted by atomic mass is 9.95. The molecule has 1 saturated heterocycles. The fraction of sp³-hybridized carbons (Fsp3) is 0.400. The summed E-state index contributed by atoms with van der Waals surface area (Å²) < 4.78 is 1.06. The monoisotopic (exact) mass is 303 g/mol. The van der Waals surface area contributed by atoms with Crippen LogP contribution in [-0.2, 0) is 9.59 Å². The SMILES string of the molecule is CN1CC[C@@H](C(=O)N(C)c2nc3ccccc3s2)CC1=O. The number of thiazole rings is 1. The molecule has 1 aromatic heterocycles. The van der Waals surface area contributed by atoms with E-state index in [0.717, 1.165) is 16.6 Å². The first-order chi connectivity index (χ1) is 10.1. The van der Waals surface area contributed by atoms with E-state index in [9.17, 15) is 9.59 Å². The number of likely N-dealkylation sites (tertiary alicyclic amines) is 1. The normalized spacial score (nSPS) is 19.0. The number of rotatable bonds is 2. The Labute approximate surface area is 127 Å². The molecular weight excluding hydrogens is 286 g/mol. The van der Waals surface area contributed by atoms with Crippen molar-refractivity contribution in [1.29, 1.82) is 0 Å². The second-order valence-electron chi connectivity index (χ2n) is 5.37. The number of amides is 2. The molecule has 0 N–H and O–H groups in total. The first kappa shape index (κ1) is 14.0. The predicted molar refractivity (Wildman–Crippen MR) is 83.4 cm³/mol. The molecule has 3 rings (SSSR count). The molecule has 6 heteroatoms. The van der Waals surface area contributed by atoms with Gasteiger partial charge in [-0.05, 0) is 18.6 Å². The second kappa shape index (κ2) is 5.44. The van der Waals surface area contributed by atoms with Crippen molar-refractivity contribution in [2.45, 2.75) is 12.8 Å². The van der Waals surface area contributed by atoms with Gasteiger partial charge in [0.05, 0.1) is 10.2 Å². The summed E-state index contributed by atoms with van der Waals surface area (Å²) in [6.45, 7) is 0.642. The predicted octanol–water partition coefficient (Wildman–Crippen LogP) is 2.13. The number of nitrogens with zero attached hydrogens (tertiary/aromatic N) is 3. The van der Waals surface area contributed by atoms with Gasteiger partial charge < -0.3 is 4.90 Å². The van der Waals surface area contributed by atoms with Crippen molar-refractivity contribution >= 4 is 38.5 Å². The van der Waals surface area contributed by atoms with Gasteiger partial charge in [-0.3, -0.25) is 14.5 Å². The van der Waals surface area contributed by atoms with Gasteiger partial charge in [-0.25, -0.2) is 4.98 Å². The van der Waals surface area contributed by atoms with Crippen LogP contribution in [0.1, 0.15) is 12.8 Å². The number of carbonyl (C=O) groups is 2. The highest BCUT2D eigenvalue weighted by Gasteiger charge is 2.31. The summed E-state index contributed by atoms with van der Waals surface area (Å²) in [6.07, 6.45) is 1.01. The van der Waals surface area contributed by atoms with E-state index in [1.807, 2.05) is 24.3 Å². The Morgan fingerprint density at radius 1 is 1.43 bits per heavy atom. The molecule has 1 atom stereocenters. The minimum absolute atomic E-state index is 0.0180. The summed E-state index contributed by atoms with van der Waals surface area (Å²) in [4.78, 5) is 32.1. The maximum absolute atomic E-state index is 12.5. The average molecular weight is 303 g/mol. The zero-order valence-electron chi connectivity index (χ0n) is 12.1. The van der Waals surface area contributed by atoms with E-state index < -0.39 is 0 Å². The van der Waals surface area contributed by atoms with Crippen molar-refractivity contribution < 1.29 is 9.59 Å². The maximum atomic E-state index is 12.5. The van der Waals surface area contributed by atoms with E-state index in [4.69, 9.17) is 0 Å². The molecule has 0 spiro atoms. The summed E-state index contributed by atoms with van der Waals surface area (Å²) in [5.41, 5.74) is 0.900. The van der Waals surface area contributed by atoms with E-state index in [2.05, 4.69) is 4.98 Å². The zero-order valence-corrected chi connectivity index (χ0v) is 12.9. The molecule has 21 heavy (non-hydrogen) atoms. The van der Waals surface area contributed by atoms with Gasteiger partial charge in [-0.2, -0.15) is 0 Å². The quantitative estimate of drug-likeness (QED) is 0.854. The van der Waals surface area contributed by atoms with E-state index in [1.54, 1.807) is 23.9 Å². The molecule has 0 radical (unpaired) electrons. The third-order valence-electron chi connectivity index (χ3n) is 3.91. The van der Waals surface area contributed by atoms with Crippen LogP contribution in [0.25, 0.3) is 10.2 Å². The molecule has 0 unspecified atom stereocenters. The van der Waals surface area contributed by atoms with Gasteiger partial charge in [0.15, 0.2) is 5.13 Å². The molecule has 0 saturated carbocycles. The van der Waals surface area contributed by atoms with Gasteiger partial charge in [0.2, 0.25) is 11.8 Å². The molecule has 1 aromatic carbocycles. The second-order valence-corrected chi connectivity index (χ2v) is 6.38. The molecule has 1 fully saturated rings. The van der Waals surface area contributed by atoms with Crippen molar-refractivity contribution in [2.75, 3.05) is 25.5 Å². The first-order valence-electron chi connectivity index (χ1n) is 6.93. The third kappa shape index (κ3) is 2.63. The molecule has 0 aliphatic carbocycles. The number of hydrogen-bond acceptors (Lipinski definition) is 4. The van der Waals surface area contributed by atoms with Crippen LogP contribution < -0.4 is 4.90 Å². The van der Waals surface area contributed by atoms with Crippen molar-refractivity contribution in [3.63, 3.8) is 0 Å². The Morgan fingerprint density at radius 3 is 2.90 bits per heavy atom. The molecule has 0 bridgehead atoms. The molecule has 2 aromatic rings. The Morgan fingerprint density at radius 2 is 2.19 bits per heavy atom. The largest absolute Gasteiger partial charge is 0.346 e. The van der Waals surface area contributed by atoms with Crippen LogP contribution in [0.2, 0.25) is 0 Å². The number of benzene rings is 1. The fourth-order valence-electron chi connectivity index (χ4n) is 2.53. The highest BCUT2D eigenvalue weighted by molar-refractivity contribution is 7.22. The van der Waals surface area contributed by atoms with Gasteiger partial charge >= 0.3 is 0 Å². The summed E-state index contributed by atoms with van der Waals surface area (Å²) in [5.74, 6) is -0.210. The highest BCUT2D eigenvalue weighted by Crippen LogP contribution is 2.30. The summed E-state index contributed by atoms with van der Waals surface area (Å²) >= 11 is 1.50. The minimum Gasteiger partial charge on any atom is -0.346 e. The number of hydrogen-bond donors (Lipinski definition) is 0. The summed E-state index contributed by atoms with van der Waals surface area (Å²) in [6, 6.07) is 7.83. The van der Waals surface area contributed by atoms with Crippen molar-refractivity contribution in [3.05, 3.63) is 24.3 Å². The van der Waals surface area contributed by atoms with Gasteiger partial charge in [0, 0.05) is 33.0 Å². The molecule has 5 nitrogen and oxygen atoms in total. The first-order valence-corrected chi connectivity index (χ1v) is 7.75. The van der Waals surface area contributed by atoms with E-state index >= 15 is 0 Å². The minimum atomic E-state index is -0.231. The van der Waals surface area contributed by atoms with Crippen LogP contribution >= 0.6 is 11.3 Å². The smallest absolute Gasteiger partial charge is 0.232 e. The molecular formula is C15H17N3O2S. The van der Waals surface area contributed by atoms with Crippen molar-refractivity contribution in [3.8, 4) is 0 Å². The lowest BCUT2D eigenvalue weighted by molar-refractivity contribution is -0.138. The Kier molecular flexibility index (Phi) is 3.63. The van der Waals surface area contributed by atoms with Gasteiger partial charge in [-0.1, -0.05) is 23.5 Å². The number of piperidine rings is 1. The molecule has 2 amide bonds. The molecule has 1 aliphatic heterocycles. The van der Waals surface area contributed by atoms with Crippen LogP contribution in [-0.4, -0.2) is 42.3 Å². The van der Waals surface area contributed by atoms with Crippen LogP contribution in [0.5, 0.6) is 0 Å². The molecule has 2 heterocycles. The number of aromatic nitrogens is 1. The van der Waals surface area contributed by atoms with Crippen LogP contribution in [0.3, 0.4) is 0 Å². The highest BCUT2D eigenvalue weighted by atomic mass is 32.1. The van der Waals surface area contributed by atoms with Crippen LogP contribution in [0, 0.1) is 5.92 Å². The van der Waals surface area contributed by atoms with Crippen LogP contribution in [0.4, 0.5) is 5.13 Å². The Balaban J connectivity index is 1.79. The number of para-hydroxylation sites is 1. The van der Waals surface area contributed by atoms with Crippen molar-refractivity contribution in [1.82, 2.24) is 9.88 Å².